The summed E-state index contributed by atoms with van der Waals surface area (Å²) in [6.45, 7) is 4.36. The molecule has 0 saturated carbocycles. The maximum Gasteiger partial charge on any atom is 0.335 e. The SMILES string of the molecule is CCCCCC(O)CCCC.O=C(O)c1ccccc1. The second kappa shape index (κ2) is 12.7. The lowest BCUT2D eigenvalue weighted by atomic mass is 10.1. The van der Waals surface area contributed by atoms with Crippen molar-refractivity contribution in [3.05, 3.63) is 35.9 Å². The molecule has 114 valence electrons. The zero-order valence-corrected chi connectivity index (χ0v) is 12.7. The molecule has 0 aliphatic heterocycles. The summed E-state index contributed by atoms with van der Waals surface area (Å²) in [5.74, 6) is -0.879. The Morgan fingerprint density at radius 3 is 2.00 bits per heavy atom. The first kappa shape index (κ1) is 18.7. The number of carboxylic acids is 1. The van der Waals surface area contributed by atoms with E-state index in [9.17, 15) is 9.90 Å². The molecule has 0 bridgehead atoms. The summed E-state index contributed by atoms with van der Waals surface area (Å²) in [6.07, 6.45) is 8.07. The molecule has 0 saturated heterocycles. The zero-order chi connectivity index (χ0) is 15.2. The Kier molecular flexibility index (Phi) is 11.8. The monoisotopic (exact) mass is 280 g/mol. The highest BCUT2D eigenvalue weighted by molar-refractivity contribution is 5.87. The third kappa shape index (κ3) is 10.6. The molecule has 1 unspecified atom stereocenters. The van der Waals surface area contributed by atoms with Crippen LogP contribution in [0.15, 0.2) is 30.3 Å². The van der Waals surface area contributed by atoms with Gasteiger partial charge in [-0.1, -0.05) is 64.2 Å². The molecule has 1 atom stereocenters. The Morgan fingerprint density at radius 1 is 1.00 bits per heavy atom. The third-order valence-electron chi connectivity index (χ3n) is 3.05. The van der Waals surface area contributed by atoms with Gasteiger partial charge in [-0.2, -0.15) is 0 Å². The van der Waals surface area contributed by atoms with Crippen LogP contribution in [0.5, 0.6) is 0 Å². The largest absolute Gasteiger partial charge is 0.478 e. The van der Waals surface area contributed by atoms with Crippen LogP contribution in [0.1, 0.15) is 69.2 Å². The lowest BCUT2D eigenvalue weighted by molar-refractivity contribution is 0.0697. The molecule has 0 spiro atoms. The van der Waals surface area contributed by atoms with Gasteiger partial charge in [0, 0.05) is 0 Å². The highest BCUT2D eigenvalue weighted by atomic mass is 16.4. The molecule has 0 heterocycles. The van der Waals surface area contributed by atoms with Gasteiger partial charge < -0.3 is 10.2 Å². The number of aromatic carboxylic acids is 1. The molecule has 0 aliphatic rings. The van der Waals surface area contributed by atoms with Crippen molar-refractivity contribution in [3.63, 3.8) is 0 Å². The van der Waals surface area contributed by atoms with Crippen molar-refractivity contribution < 1.29 is 15.0 Å². The lowest BCUT2D eigenvalue weighted by Crippen LogP contribution is -2.05. The molecular weight excluding hydrogens is 252 g/mol. The maximum absolute atomic E-state index is 10.2. The number of carboxylic acid groups (broad SMARTS) is 1. The minimum Gasteiger partial charge on any atom is -0.478 e. The lowest BCUT2D eigenvalue weighted by Gasteiger charge is -2.08. The van der Waals surface area contributed by atoms with E-state index in [1.54, 1.807) is 30.3 Å². The number of benzene rings is 1. The van der Waals surface area contributed by atoms with Crippen LogP contribution in [0.3, 0.4) is 0 Å². The fraction of sp³-hybridized carbons (Fsp3) is 0.588. The van der Waals surface area contributed by atoms with E-state index in [2.05, 4.69) is 13.8 Å². The summed E-state index contributed by atoms with van der Waals surface area (Å²) in [5.41, 5.74) is 0.331. The van der Waals surface area contributed by atoms with Crippen molar-refractivity contribution in [1.82, 2.24) is 0 Å². The van der Waals surface area contributed by atoms with Crippen molar-refractivity contribution in [1.29, 1.82) is 0 Å². The van der Waals surface area contributed by atoms with Crippen molar-refractivity contribution >= 4 is 5.97 Å². The maximum atomic E-state index is 10.2. The van der Waals surface area contributed by atoms with Gasteiger partial charge in [0.1, 0.15) is 0 Å². The number of hydrogen-bond donors (Lipinski definition) is 2. The zero-order valence-electron chi connectivity index (χ0n) is 12.7. The van der Waals surface area contributed by atoms with Gasteiger partial charge in [0.05, 0.1) is 11.7 Å². The number of aliphatic hydroxyl groups excluding tert-OH is 1. The summed E-state index contributed by atoms with van der Waals surface area (Å²) in [4.78, 5) is 10.2. The van der Waals surface area contributed by atoms with Gasteiger partial charge >= 0.3 is 5.97 Å². The van der Waals surface area contributed by atoms with E-state index in [1.807, 2.05) is 0 Å². The minimum absolute atomic E-state index is 0.0264. The summed E-state index contributed by atoms with van der Waals surface area (Å²) in [5, 5.41) is 17.8. The van der Waals surface area contributed by atoms with E-state index in [4.69, 9.17) is 5.11 Å². The summed E-state index contributed by atoms with van der Waals surface area (Å²) in [7, 11) is 0. The highest BCUT2D eigenvalue weighted by Crippen LogP contribution is 2.08. The highest BCUT2D eigenvalue weighted by Gasteiger charge is 2.01. The first-order chi connectivity index (χ1) is 9.61. The van der Waals surface area contributed by atoms with Crippen LogP contribution in [0.2, 0.25) is 0 Å². The molecule has 1 aromatic rings. The smallest absolute Gasteiger partial charge is 0.335 e. The predicted octanol–water partition coefficient (Wildman–Crippen LogP) is 4.50. The molecule has 0 amide bonds. The molecule has 0 aliphatic carbocycles. The topological polar surface area (TPSA) is 57.5 Å². The Labute approximate surface area is 122 Å². The van der Waals surface area contributed by atoms with Gasteiger partial charge in [0.2, 0.25) is 0 Å². The quantitative estimate of drug-likeness (QED) is 0.689. The van der Waals surface area contributed by atoms with E-state index >= 15 is 0 Å². The second-order valence-electron chi connectivity index (χ2n) is 4.96. The number of hydrogen-bond acceptors (Lipinski definition) is 2. The Balaban J connectivity index is 0.000000367. The second-order valence-corrected chi connectivity index (χ2v) is 4.96. The minimum atomic E-state index is -0.879. The van der Waals surface area contributed by atoms with Crippen molar-refractivity contribution in [3.8, 4) is 0 Å². The van der Waals surface area contributed by atoms with Crippen molar-refractivity contribution in [2.45, 2.75) is 64.9 Å². The Bertz CT molecular complexity index is 335. The van der Waals surface area contributed by atoms with Gasteiger partial charge in [-0.15, -0.1) is 0 Å². The van der Waals surface area contributed by atoms with Crippen LogP contribution in [-0.4, -0.2) is 22.3 Å². The fourth-order valence-electron chi connectivity index (χ4n) is 1.79. The van der Waals surface area contributed by atoms with Crippen LogP contribution in [0, 0.1) is 0 Å². The summed E-state index contributed by atoms with van der Waals surface area (Å²) in [6, 6.07) is 8.30. The molecule has 1 aromatic carbocycles. The fourth-order valence-corrected chi connectivity index (χ4v) is 1.79. The van der Waals surface area contributed by atoms with E-state index in [0.717, 1.165) is 12.8 Å². The standard InChI is InChI=1S/C10H22O.C7H6O2/c1-3-5-7-9-10(11)8-6-4-2;8-7(9)6-4-2-1-3-5-6/h10-11H,3-9H2,1-2H3;1-5H,(H,8,9). The molecule has 0 aromatic heterocycles. The molecule has 0 radical (unpaired) electrons. The number of aliphatic hydroxyl groups is 1. The first-order valence-electron chi connectivity index (χ1n) is 7.58. The average Bonchev–Trinajstić information content (AvgIpc) is 2.47. The van der Waals surface area contributed by atoms with Crippen LogP contribution < -0.4 is 0 Å². The molecule has 2 N–H and O–H groups in total. The molecule has 3 heteroatoms. The third-order valence-corrected chi connectivity index (χ3v) is 3.05. The van der Waals surface area contributed by atoms with Gasteiger partial charge in [-0.3, -0.25) is 0 Å². The van der Waals surface area contributed by atoms with E-state index in [1.165, 1.54) is 32.1 Å². The van der Waals surface area contributed by atoms with Crippen molar-refractivity contribution in [2.24, 2.45) is 0 Å². The van der Waals surface area contributed by atoms with Gasteiger partial charge in [-0.05, 0) is 25.0 Å². The summed E-state index contributed by atoms with van der Waals surface area (Å²) < 4.78 is 0. The average molecular weight is 280 g/mol. The number of unbranched alkanes of at least 4 members (excludes halogenated alkanes) is 3. The number of carbonyl (C=O) groups is 1. The van der Waals surface area contributed by atoms with Crippen LogP contribution in [-0.2, 0) is 0 Å². The number of rotatable bonds is 8. The molecule has 3 nitrogen and oxygen atoms in total. The van der Waals surface area contributed by atoms with Gasteiger partial charge in [-0.25, -0.2) is 4.79 Å². The summed E-state index contributed by atoms with van der Waals surface area (Å²) >= 11 is 0. The van der Waals surface area contributed by atoms with E-state index < -0.39 is 5.97 Å². The van der Waals surface area contributed by atoms with Crippen LogP contribution in [0.4, 0.5) is 0 Å². The van der Waals surface area contributed by atoms with E-state index in [0.29, 0.717) is 5.56 Å². The van der Waals surface area contributed by atoms with Crippen molar-refractivity contribution in [2.75, 3.05) is 0 Å². The van der Waals surface area contributed by atoms with Crippen LogP contribution >= 0.6 is 0 Å². The van der Waals surface area contributed by atoms with Crippen LogP contribution in [0.25, 0.3) is 0 Å². The molecule has 20 heavy (non-hydrogen) atoms. The van der Waals surface area contributed by atoms with Gasteiger partial charge in [0.25, 0.3) is 0 Å². The Hall–Kier alpha value is -1.35. The molecule has 0 fully saturated rings. The Morgan fingerprint density at radius 2 is 1.55 bits per heavy atom. The van der Waals surface area contributed by atoms with E-state index in [-0.39, 0.29) is 6.10 Å². The normalized spacial score (nSPS) is 11.3. The first-order valence-corrected chi connectivity index (χ1v) is 7.58. The molecule has 1 rings (SSSR count). The molecular formula is C17H28O3. The van der Waals surface area contributed by atoms with Gasteiger partial charge in [0.15, 0.2) is 0 Å². The predicted molar refractivity (Wildman–Crippen MR) is 83.1 cm³/mol.